The second kappa shape index (κ2) is 9.77. The van der Waals surface area contributed by atoms with Crippen LogP contribution in [0.25, 0.3) is 6.08 Å². The van der Waals surface area contributed by atoms with E-state index in [0.29, 0.717) is 29.2 Å². The summed E-state index contributed by atoms with van der Waals surface area (Å²) in [5.41, 5.74) is 0.319. The summed E-state index contributed by atoms with van der Waals surface area (Å²) in [5, 5.41) is 2.22. The lowest BCUT2D eigenvalue weighted by molar-refractivity contribution is -0.130. The van der Waals surface area contributed by atoms with Gasteiger partial charge in [0.15, 0.2) is 11.5 Å². The first-order valence-electron chi connectivity index (χ1n) is 9.16. The maximum Gasteiger partial charge on any atom is 0.331 e. The van der Waals surface area contributed by atoms with Crippen LogP contribution in [0.3, 0.4) is 0 Å². The lowest BCUT2D eigenvalue weighted by Gasteiger charge is -2.26. The van der Waals surface area contributed by atoms with Crippen molar-refractivity contribution in [2.75, 3.05) is 27.9 Å². The van der Waals surface area contributed by atoms with E-state index in [-0.39, 0.29) is 12.1 Å². The maximum atomic E-state index is 12.8. The summed E-state index contributed by atoms with van der Waals surface area (Å²) in [6.07, 6.45) is 5.05. The van der Waals surface area contributed by atoms with Gasteiger partial charge in [0.2, 0.25) is 5.75 Å². The van der Waals surface area contributed by atoms with Crippen LogP contribution in [-0.4, -0.2) is 50.6 Å². The number of ether oxygens (including phenoxy) is 3. The van der Waals surface area contributed by atoms with Crippen LogP contribution in [0, 0.1) is 0 Å². The summed E-state index contributed by atoms with van der Waals surface area (Å²) in [5.74, 6) is -0.246. The minimum Gasteiger partial charge on any atom is -0.493 e. The molecule has 0 bridgehead atoms. The van der Waals surface area contributed by atoms with Crippen molar-refractivity contribution in [3.63, 3.8) is 0 Å². The van der Waals surface area contributed by atoms with Crippen molar-refractivity contribution in [2.24, 2.45) is 0 Å². The monoisotopic (exact) mass is 390 g/mol. The number of methoxy groups -OCH3 is 3. The molecule has 0 aliphatic carbocycles. The van der Waals surface area contributed by atoms with Crippen LogP contribution in [0.2, 0.25) is 0 Å². The second-order valence-electron chi connectivity index (χ2n) is 6.26. The molecule has 0 spiro atoms. The smallest absolute Gasteiger partial charge is 0.331 e. The molecule has 4 amide bonds. The molecule has 1 aromatic rings. The quantitative estimate of drug-likeness (QED) is 0.396. The van der Waals surface area contributed by atoms with Crippen LogP contribution in [-0.2, 0) is 9.59 Å². The van der Waals surface area contributed by atoms with Gasteiger partial charge in [-0.3, -0.25) is 19.8 Å². The van der Waals surface area contributed by atoms with E-state index in [0.717, 1.165) is 24.2 Å². The van der Waals surface area contributed by atoms with Crippen molar-refractivity contribution in [1.82, 2.24) is 10.2 Å². The molecule has 1 aromatic carbocycles. The third kappa shape index (κ3) is 4.44. The third-order valence-electron chi connectivity index (χ3n) is 4.46. The van der Waals surface area contributed by atoms with Gasteiger partial charge in [-0.05, 0) is 24.6 Å². The molecule has 28 heavy (non-hydrogen) atoms. The van der Waals surface area contributed by atoms with E-state index in [1.165, 1.54) is 27.4 Å². The molecule has 0 aromatic heterocycles. The topological polar surface area (TPSA) is 94.2 Å². The Bertz CT molecular complexity index is 787. The first kappa shape index (κ1) is 21.3. The maximum absolute atomic E-state index is 12.8. The van der Waals surface area contributed by atoms with E-state index in [4.69, 9.17) is 14.2 Å². The third-order valence-corrected chi connectivity index (χ3v) is 4.46. The minimum atomic E-state index is -0.739. The molecule has 152 valence electrons. The summed E-state index contributed by atoms with van der Waals surface area (Å²) in [6.45, 7) is 2.34. The van der Waals surface area contributed by atoms with Crippen LogP contribution in [0.15, 0.2) is 17.7 Å². The molecule has 1 N–H and O–H groups in total. The van der Waals surface area contributed by atoms with Crippen molar-refractivity contribution < 1.29 is 28.6 Å². The van der Waals surface area contributed by atoms with Gasteiger partial charge in [-0.1, -0.05) is 26.2 Å². The summed E-state index contributed by atoms with van der Waals surface area (Å²) in [6, 6.07) is 2.60. The van der Waals surface area contributed by atoms with Gasteiger partial charge in [-0.15, -0.1) is 0 Å². The Balaban J connectivity index is 2.36. The van der Waals surface area contributed by atoms with E-state index >= 15 is 0 Å². The summed E-state index contributed by atoms with van der Waals surface area (Å²) >= 11 is 0. The largest absolute Gasteiger partial charge is 0.493 e. The van der Waals surface area contributed by atoms with E-state index in [1.54, 1.807) is 12.1 Å². The summed E-state index contributed by atoms with van der Waals surface area (Å²) in [7, 11) is 4.41. The molecule has 0 saturated carbocycles. The van der Waals surface area contributed by atoms with Crippen molar-refractivity contribution in [1.29, 1.82) is 0 Å². The van der Waals surface area contributed by atoms with Crippen molar-refractivity contribution >= 4 is 23.9 Å². The first-order valence-corrected chi connectivity index (χ1v) is 9.16. The van der Waals surface area contributed by atoms with Crippen LogP contribution in [0.4, 0.5) is 4.79 Å². The zero-order valence-corrected chi connectivity index (χ0v) is 16.7. The molecular weight excluding hydrogens is 364 g/mol. The fourth-order valence-corrected chi connectivity index (χ4v) is 2.99. The zero-order chi connectivity index (χ0) is 20.7. The van der Waals surface area contributed by atoms with Gasteiger partial charge in [0, 0.05) is 12.1 Å². The average Bonchev–Trinajstić information content (AvgIpc) is 2.69. The number of carbonyl (C=O) groups excluding carboxylic acids is 3. The lowest BCUT2D eigenvalue weighted by Crippen LogP contribution is -2.54. The molecule has 0 radical (unpaired) electrons. The van der Waals surface area contributed by atoms with Gasteiger partial charge in [0.05, 0.1) is 21.3 Å². The Labute approximate surface area is 164 Å². The van der Waals surface area contributed by atoms with Gasteiger partial charge in [0.25, 0.3) is 11.8 Å². The highest BCUT2D eigenvalue weighted by Gasteiger charge is 2.35. The molecule has 0 atom stereocenters. The van der Waals surface area contributed by atoms with Crippen molar-refractivity contribution in [3.8, 4) is 17.2 Å². The molecule has 8 nitrogen and oxygen atoms in total. The van der Waals surface area contributed by atoms with E-state index < -0.39 is 17.8 Å². The number of rotatable bonds is 9. The highest BCUT2D eigenvalue weighted by atomic mass is 16.5. The van der Waals surface area contributed by atoms with Crippen LogP contribution >= 0.6 is 0 Å². The molecule has 1 saturated heterocycles. The van der Waals surface area contributed by atoms with E-state index in [9.17, 15) is 14.4 Å². The Morgan fingerprint density at radius 1 is 0.964 bits per heavy atom. The lowest BCUT2D eigenvalue weighted by atomic mass is 10.1. The molecule has 0 unspecified atom stereocenters. The standard InChI is InChI=1S/C20H26N2O6/c1-5-6-7-8-11-22-19(24)14(18(23)21-20(22)25)12-13-9-10-15(26-2)17(28-4)16(13)27-3/h9-10,12H,5-8,11H2,1-4H3,(H,21,23,25)/b14-12-. The Hall–Kier alpha value is -3.03. The Morgan fingerprint density at radius 3 is 2.29 bits per heavy atom. The fourth-order valence-electron chi connectivity index (χ4n) is 2.99. The number of nitrogens with one attached hydrogen (secondary N) is 1. The SMILES string of the molecule is CCCCCCN1C(=O)NC(=O)/C(=C/c2ccc(OC)c(OC)c2OC)C1=O. The first-order chi connectivity index (χ1) is 13.5. The average molecular weight is 390 g/mol. The number of carbonyl (C=O) groups is 3. The van der Waals surface area contributed by atoms with Crippen molar-refractivity contribution in [2.45, 2.75) is 32.6 Å². The Morgan fingerprint density at radius 2 is 1.68 bits per heavy atom. The number of unbranched alkanes of at least 4 members (excludes halogenated alkanes) is 3. The Kier molecular flexibility index (Phi) is 7.43. The number of benzene rings is 1. The van der Waals surface area contributed by atoms with E-state index in [2.05, 4.69) is 12.2 Å². The number of barbiturate groups is 1. The van der Waals surface area contributed by atoms with Crippen LogP contribution in [0.5, 0.6) is 17.2 Å². The van der Waals surface area contributed by atoms with Gasteiger partial charge in [-0.25, -0.2) is 4.79 Å². The summed E-state index contributed by atoms with van der Waals surface area (Å²) < 4.78 is 16.0. The number of amides is 4. The number of hydrogen-bond acceptors (Lipinski definition) is 6. The van der Waals surface area contributed by atoms with Gasteiger partial charge < -0.3 is 14.2 Å². The predicted octanol–water partition coefficient (Wildman–Crippen LogP) is 2.75. The predicted molar refractivity (Wildman–Crippen MR) is 103 cm³/mol. The number of urea groups is 1. The fraction of sp³-hybridized carbons (Fsp3) is 0.450. The second-order valence-corrected chi connectivity index (χ2v) is 6.26. The van der Waals surface area contributed by atoms with Gasteiger partial charge >= 0.3 is 6.03 Å². The molecule has 1 aliphatic heterocycles. The molecule has 1 heterocycles. The molecular formula is C20H26N2O6. The number of nitrogens with zero attached hydrogens (tertiary/aromatic N) is 1. The molecule has 2 rings (SSSR count). The highest BCUT2D eigenvalue weighted by molar-refractivity contribution is 6.31. The highest BCUT2D eigenvalue weighted by Crippen LogP contribution is 2.40. The minimum absolute atomic E-state index is 0.138. The van der Waals surface area contributed by atoms with E-state index in [1.807, 2.05) is 0 Å². The van der Waals surface area contributed by atoms with Gasteiger partial charge in [0.1, 0.15) is 5.57 Å². The number of imide groups is 2. The van der Waals surface area contributed by atoms with Crippen LogP contribution < -0.4 is 19.5 Å². The van der Waals surface area contributed by atoms with Crippen molar-refractivity contribution in [3.05, 3.63) is 23.3 Å². The zero-order valence-electron chi connectivity index (χ0n) is 16.7. The van der Waals surface area contributed by atoms with Gasteiger partial charge in [-0.2, -0.15) is 0 Å². The molecule has 1 aliphatic rings. The molecule has 1 fully saturated rings. The van der Waals surface area contributed by atoms with Crippen LogP contribution in [0.1, 0.15) is 38.2 Å². The summed E-state index contributed by atoms with van der Waals surface area (Å²) in [4.78, 5) is 38.2. The number of hydrogen-bond donors (Lipinski definition) is 1. The normalized spacial score (nSPS) is 15.6. The molecule has 8 heteroatoms.